The van der Waals surface area contributed by atoms with E-state index in [0.29, 0.717) is 6.04 Å². The van der Waals surface area contributed by atoms with Crippen LogP contribution in [-0.2, 0) is 6.42 Å². The van der Waals surface area contributed by atoms with Gasteiger partial charge in [-0.15, -0.1) is 24.0 Å². The third-order valence-electron chi connectivity index (χ3n) is 4.88. The highest BCUT2D eigenvalue weighted by Gasteiger charge is 2.22. The van der Waals surface area contributed by atoms with Crippen molar-refractivity contribution in [1.82, 2.24) is 15.5 Å². The first kappa shape index (κ1) is 25.1. The van der Waals surface area contributed by atoms with E-state index < -0.39 is 0 Å². The lowest BCUT2D eigenvalue weighted by Gasteiger charge is -2.30. The van der Waals surface area contributed by atoms with Crippen LogP contribution >= 0.6 is 35.7 Å². The van der Waals surface area contributed by atoms with Crippen LogP contribution in [0.1, 0.15) is 48.5 Å². The molecule has 1 aromatic rings. The van der Waals surface area contributed by atoms with E-state index >= 15 is 0 Å². The summed E-state index contributed by atoms with van der Waals surface area (Å²) in [5.74, 6) is 2.11. The smallest absolute Gasteiger partial charge is 0.253 e. The van der Waals surface area contributed by atoms with Crippen LogP contribution in [0.4, 0.5) is 0 Å². The van der Waals surface area contributed by atoms with Gasteiger partial charge in [0.1, 0.15) is 0 Å². The maximum absolute atomic E-state index is 12.1. The van der Waals surface area contributed by atoms with Gasteiger partial charge in [0, 0.05) is 44.5 Å². The monoisotopic (exact) mass is 518 g/mol. The zero-order chi connectivity index (χ0) is 19.6. The van der Waals surface area contributed by atoms with Gasteiger partial charge >= 0.3 is 0 Å². The zero-order valence-electron chi connectivity index (χ0n) is 17.5. The number of halogens is 1. The molecule has 1 saturated carbocycles. The van der Waals surface area contributed by atoms with Gasteiger partial charge < -0.3 is 15.5 Å². The second kappa shape index (κ2) is 13.3. The normalized spacial score (nSPS) is 19.5. The molecule has 0 aliphatic heterocycles. The van der Waals surface area contributed by atoms with E-state index in [0.717, 1.165) is 35.3 Å². The van der Waals surface area contributed by atoms with E-state index in [2.05, 4.69) is 40.4 Å². The first-order chi connectivity index (χ1) is 13.0. The van der Waals surface area contributed by atoms with E-state index in [-0.39, 0.29) is 29.9 Å². The van der Waals surface area contributed by atoms with Crippen LogP contribution in [0.2, 0.25) is 0 Å². The largest absolute Gasteiger partial charge is 0.356 e. The van der Waals surface area contributed by atoms with Crippen molar-refractivity contribution in [2.75, 3.05) is 33.4 Å². The Morgan fingerprint density at radius 1 is 1.32 bits per heavy atom. The quantitative estimate of drug-likeness (QED) is 0.328. The van der Waals surface area contributed by atoms with E-state index in [1.807, 2.05) is 25.2 Å². The topological polar surface area (TPSA) is 56.7 Å². The highest BCUT2D eigenvalue weighted by Crippen LogP contribution is 2.28. The van der Waals surface area contributed by atoms with Gasteiger partial charge in [0.2, 0.25) is 0 Å². The summed E-state index contributed by atoms with van der Waals surface area (Å²) in [4.78, 5) is 18.1. The molecule has 1 aliphatic carbocycles. The fraction of sp³-hybridized carbons (Fsp3) is 0.619. The third kappa shape index (κ3) is 8.19. The fourth-order valence-electron chi connectivity index (χ4n) is 3.49. The van der Waals surface area contributed by atoms with Gasteiger partial charge in [-0.3, -0.25) is 9.79 Å². The number of hydrogen-bond donors (Lipinski definition) is 2. The minimum absolute atomic E-state index is 0. The predicted molar refractivity (Wildman–Crippen MR) is 132 cm³/mol. The molecule has 0 radical (unpaired) electrons. The molecule has 2 atom stereocenters. The van der Waals surface area contributed by atoms with Crippen molar-refractivity contribution in [3.63, 3.8) is 0 Å². The van der Waals surface area contributed by atoms with Crippen molar-refractivity contribution in [2.45, 2.75) is 50.3 Å². The van der Waals surface area contributed by atoms with Crippen LogP contribution in [0.15, 0.2) is 29.3 Å². The van der Waals surface area contributed by atoms with Gasteiger partial charge in [-0.1, -0.05) is 25.5 Å². The maximum atomic E-state index is 12.1. The Kier molecular flexibility index (Phi) is 11.9. The van der Waals surface area contributed by atoms with Crippen molar-refractivity contribution in [3.8, 4) is 0 Å². The first-order valence-corrected chi connectivity index (χ1v) is 11.0. The lowest BCUT2D eigenvalue weighted by molar-refractivity contribution is 0.0827. The van der Waals surface area contributed by atoms with E-state index in [1.165, 1.54) is 31.4 Å². The summed E-state index contributed by atoms with van der Waals surface area (Å²) in [7, 11) is 5.38. The summed E-state index contributed by atoms with van der Waals surface area (Å²) in [6, 6.07) is 8.38. The number of aliphatic imine (C=N–C) groups is 1. The molecule has 0 saturated heterocycles. The van der Waals surface area contributed by atoms with Crippen molar-refractivity contribution in [3.05, 3.63) is 35.4 Å². The van der Waals surface area contributed by atoms with Crippen molar-refractivity contribution in [1.29, 1.82) is 0 Å². The molecule has 28 heavy (non-hydrogen) atoms. The van der Waals surface area contributed by atoms with Gasteiger partial charge in [0.05, 0.1) is 0 Å². The number of guanidine groups is 1. The Bertz CT molecular complexity index is 637. The SMILES string of the molecule is CCSC1CCCC(NC(=NC)NCCc2cccc(C(=O)N(C)C)c2)C1.I. The molecule has 2 rings (SSSR count). The minimum Gasteiger partial charge on any atom is -0.356 e. The number of nitrogens with one attached hydrogen (secondary N) is 2. The molecule has 0 bridgehead atoms. The number of nitrogens with zero attached hydrogens (tertiary/aromatic N) is 2. The third-order valence-corrected chi connectivity index (χ3v) is 6.11. The number of hydrogen-bond acceptors (Lipinski definition) is 3. The number of carbonyl (C=O) groups is 1. The average Bonchev–Trinajstić information content (AvgIpc) is 2.67. The molecule has 1 fully saturated rings. The molecule has 0 heterocycles. The van der Waals surface area contributed by atoms with E-state index in [4.69, 9.17) is 0 Å². The molecule has 1 aromatic carbocycles. The van der Waals surface area contributed by atoms with Crippen LogP contribution in [0, 0.1) is 0 Å². The zero-order valence-corrected chi connectivity index (χ0v) is 20.7. The van der Waals surface area contributed by atoms with Gasteiger partial charge in [-0.05, 0) is 49.1 Å². The van der Waals surface area contributed by atoms with Gasteiger partial charge in [0.15, 0.2) is 5.96 Å². The van der Waals surface area contributed by atoms with Gasteiger partial charge in [0.25, 0.3) is 5.91 Å². The van der Waals surface area contributed by atoms with Crippen molar-refractivity contribution in [2.24, 2.45) is 4.99 Å². The second-order valence-electron chi connectivity index (χ2n) is 7.23. The molecule has 158 valence electrons. The summed E-state index contributed by atoms with van der Waals surface area (Å²) in [5, 5.41) is 7.78. The lowest BCUT2D eigenvalue weighted by atomic mass is 9.95. The molecule has 2 N–H and O–H groups in total. The molecular weight excluding hydrogens is 483 g/mol. The second-order valence-corrected chi connectivity index (χ2v) is 8.81. The molecule has 1 aliphatic rings. The summed E-state index contributed by atoms with van der Waals surface area (Å²) in [6.07, 6.45) is 5.92. The number of rotatable bonds is 7. The highest BCUT2D eigenvalue weighted by molar-refractivity contribution is 14.0. The van der Waals surface area contributed by atoms with Crippen LogP contribution in [0.25, 0.3) is 0 Å². The first-order valence-electron chi connectivity index (χ1n) is 9.92. The standard InChI is InChI=1S/C21H34N4OS.HI/c1-5-27-19-11-7-10-18(15-19)24-21(22-2)23-13-12-16-8-6-9-17(14-16)20(26)25(3)4;/h6,8-9,14,18-19H,5,7,10-13,15H2,1-4H3,(H2,22,23,24);1H. The predicted octanol–water partition coefficient (Wildman–Crippen LogP) is 3.78. The summed E-state index contributed by atoms with van der Waals surface area (Å²) in [5.41, 5.74) is 1.89. The van der Waals surface area contributed by atoms with Gasteiger partial charge in [-0.25, -0.2) is 0 Å². The number of amides is 1. The molecule has 5 nitrogen and oxygen atoms in total. The molecule has 0 spiro atoms. The maximum Gasteiger partial charge on any atom is 0.253 e. The summed E-state index contributed by atoms with van der Waals surface area (Å²) >= 11 is 2.08. The molecule has 2 unspecified atom stereocenters. The van der Waals surface area contributed by atoms with Crippen LogP contribution in [0.3, 0.4) is 0 Å². The van der Waals surface area contributed by atoms with Crippen LogP contribution < -0.4 is 10.6 Å². The highest BCUT2D eigenvalue weighted by atomic mass is 127. The molecule has 0 aromatic heterocycles. The Balaban J connectivity index is 0.00000392. The van der Waals surface area contributed by atoms with E-state index in [9.17, 15) is 4.79 Å². The summed E-state index contributed by atoms with van der Waals surface area (Å²) < 4.78 is 0. The van der Waals surface area contributed by atoms with Crippen molar-refractivity contribution >= 4 is 47.6 Å². The number of benzene rings is 1. The summed E-state index contributed by atoms with van der Waals surface area (Å²) in [6.45, 7) is 3.03. The van der Waals surface area contributed by atoms with Gasteiger partial charge in [-0.2, -0.15) is 11.8 Å². The molecular formula is C21H35IN4OS. The van der Waals surface area contributed by atoms with E-state index in [1.54, 1.807) is 19.0 Å². The Morgan fingerprint density at radius 2 is 2.11 bits per heavy atom. The van der Waals surface area contributed by atoms with Crippen molar-refractivity contribution < 1.29 is 4.79 Å². The van der Waals surface area contributed by atoms with Crippen LogP contribution in [-0.4, -0.2) is 61.5 Å². The average molecular weight is 519 g/mol. The minimum atomic E-state index is 0. The Labute approximate surface area is 191 Å². The Hall–Kier alpha value is -0.960. The Morgan fingerprint density at radius 3 is 2.79 bits per heavy atom. The molecule has 7 heteroatoms. The lowest BCUT2D eigenvalue weighted by Crippen LogP contribution is -2.46. The molecule has 1 amide bonds. The number of carbonyl (C=O) groups excluding carboxylic acids is 1. The number of thioether (sulfide) groups is 1. The fourth-order valence-corrected chi connectivity index (χ4v) is 4.67. The van der Waals surface area contributed by atoms with Crippen LogP contribution in [0.5, 0.6) is 0 Å².